The van der Waals surface area contributed by atoms with Crippen molar-refractivity contribution in [2.75, 3.05) is 12.4 Å². The fourth-order valence-corrected chi connectivity index (χ4v) is 4.65. The molecule has 0 amide bonds. The van der Waals surface area contributed by atoms with Crippen LogP contribution in [0.3, 0.4) is 0 Å². The number of H-pyrrole nitrogens is 1. The van der Waals surface area contributed by atoms with Gasteiger partial charge in [-0.1, -0.05) is 67.3 Å². The average molecular weight is 409 g/mol. The molecule has 0 aliphatic rings. The number of ether oxygens (including phenoxy) is 1. The Bertz CT molecular complexity index is 662. The van der Waals surface area contributed by atoms with E-state index in [9.17, 15) is 4.79 Å². The molecule has 1 N–H and O–H groups in total. The first kappa shape index (κ1) is 22.2. The Morgan fingerprint density at radius 1 is 1.11 bits per heavy atom. The maximum atomic E-state index is 11.6. The van der Waals surface area contributed by atoms with Gasteiger partial charge in [0, 0.05) is 12.2 Å². The molecule has 27 heavy (non-hydrogen) atoms. The van der Waals surface area contributed by atoms with Crippen LogP contribution in [0.1, 0.15) is 65.1 Å². The molecule has 0 saturated carbocycles. The van der Waals surface area contributed by atoms with E-state index in [4.69, 9.17) is 4.74 Å². The van der Waals surface area contributed by atoms with Gasteiger partial charge < -0.3 is 9.72 Å². The number of imidazole rings is 1. The van der Waals surface area contributed by atoms with E-state index in [1.807, 2.05) is 39.8 Å². The second-order valence-electron chi connectivity index (χ2n) is 7.98. The van der Waals surface area contributed by atoms with Crippen molar-refractivity contribution in [3.05, 3.63) is 30.1 Å². The summed E-state index contributed by atoms with van der Waals surface area (Å²) in [6.07, 6.45) is 5.91. The van der Waals surface area contributed by atoms with Crippen molar-refractivity contribution in [2.24, 2.45) is 5.41 Å². The number of nitrogens with zero attached hydrogens (tertiary/aromatic N) is 1. The van der Waals surface area contributed by atoms with E-state index < -0.39 is 0 Å². The lowest BCUT2D eigenvalue weighted by molar-refractivity contribution is -0.144. The number of rotatable bonds is 12. The fourth-order valence-electron chi connectivity index (χ4n) is 2.58. The standard InChI is InChI=1S/C21H32N2O2S2/c1-21(2,3)13-12-20(24)25-14-8-4-5-9-15-26-27-16-19-22-17-10-6-7-11-18(17)23-19/h6-7,10-11H,4-5,8-9,12-16H2,1-3H3,(H,22,23). The molecule has 0 atom stereocenters. The van der Waals surface area contributed by atoms with Crippen molar-refractivity contribution < 1.29 is 9.53 Å². The van der Waals surface area contributed by atoms with Crippen LogP contribution >= 0.6 is 21.6 Å². The zero-order valence-electron chi connectivity index (χ0n) is 16.8. The molecule has 0 spiro atoms. The second kappa shape index (κ2) is 11.6. The van der Waals surface area contributed by atoms with Gasteiger partial charge in [-0.25, -0.2) is 4.98 Å². The molecule has 1 aromatic heterocycles. The number of hydrogen-bond donors (Lipinski definition) is 1. The van der Waals surface area contributed by atoms with Gasteiger partial charge in [-0.2, -0.15) is 0 Å². The van der Waals surface area contributed by atoms with Crippen LogP contribution in [-0.4, -0.2) is 28.3 Å². The highest BCUT2D eigenvalue weighted by Gasteiger charge is 2.13. The third-order valence-corrected chi connectivity index (χ3v) is 6.55. The van der Waals surface area contributed by atoms with Crippen molar-refractivity contribution in [2.45, 2.75) is 65.0 Å². The van der Waals surface area contributed by atoms with Gasteiger partial charge in [0.25, 0.3) is 0 Å². The van der Waals surface area contributed by atoms with E-state index in [2.05, 4.69) is 36.8 Å². The van der Waals surface area contributed by atoms with E-state index in [0.717, 1.165) is 47.6 Å². The number of nitrogens with one attached hydrogen (secondary N) is 1. The lowest BCUT2D eigenvalue weighted by atomic mass is 9.91. The summed E-state index contributed by atoms with van der Waals surface area (Å²) in [5.74, 6) is 3.05. The minimum Gasteiger partial charge on any atom is -0.466 e. The van der Waals surface area contributed by atoms with Crippen LogP contribution in [0.15, 0.2) is 24.3 Å². The molecular weight excluding hydrogens is 376 g/mol. The minimum atomic E-state index is -0.0533. The van der Waals surface area contributed by atoms with Crippen LogP contribution < -0.4 is 0 Å². The van der Waals surface area contributed by atoms with Crippen molar-refractivity contribution in [1.29, 1.82) is 0 Å². The highest BCUT2D eigenvalue weighted by atomic mass is 33.1. The van der Waals surface area contributed by atoms with Crippen LogP contribution in [0.5, 0.6) is 0 Å². The summed E-state index contributed by atoms with van der Waals surface area (Å²) in [5, 5.41) is 0. The third kappa shape index (κ3) is 9.56. The van der Waals surface area contributed by atoms with Gasteiger partial charge in [0.2, 0.25) is 0 Å². The van der Waals surface area contributed by atoms with Crippen molar-refractivity contribution in [3.63, 3.8) is 0 Å². The fraction of sp³-hybridized carbons (Fsp3) is 0.619. The number of carbonyl (C=O) groups is 1. The molecule has 6 heteroatoms. The molecule has 4 nitrogen and oxygen atoms in total. The van der Waals surface area contributed by atoms with Gasteiger partial charge >= 0.3 is 5.97 Å². The summed E-state index contributed by atoms with van der Waals surface area (Å²) < 4.78 is 5.30. The topological polar surface area (TPSA) is 55.0 Å². The molecular formula is C21H32N2O2S2. The number of para-hydroxylation sites is 2. The molecule has 0 radical (unpaired) electrons. The highest BCUT2D eigenvalue weighted by molar-refractivity contribution is 8.76. The quantitative estimate of drug-likeness (QED) is 0.251. The molecule has 0 unspecified atom stereocenters. The normalized spacial score (nSPS) is 11.8. The van der Waals surface area contributed by atoms with E-state index >= 15 is 0 Å². The number of carbonyl (C=O) groups excluding carboxylic acids is 1. The van der Waals surface area contributed by atoms with Crippen molar-refractivity contribution in [1.82, 2.24) is 9.97 Å². The summed E-state index contributed by atoms with van der Waals surface area (Å²) in [6, 6.07) is 8.14. The Morgan fingerprint density at radius 3 is 2.67 bits per heavy atom. The summed E-state index contributed by atoms with van der Waals surface area (Å²) in [7, 11) is 3.76. The zero-order valence-corrected chi connectivity index (χ0v) is 18.4. The van der Waals surface area contributed by atoms with Crippen molar-refractivity contribution in [3.8, 4) is 0 Å². The smallest absolute Gasteiger partial charge is 0.305 e. The first-order valence-corrected chi connectivity index (χ1v) is 12.3. The third-order valence-electron chi connectivity index (χ3n) is 4.18. The van der Waals surface area contributed by atoms with E-state index in [1.165, 1.54) is 12.8 Å². The van der Waals surface area contributed by atoms with Gasteiger partial charge in [0.1, 0.15) is 5.82 Å². The number of aromatic nitrogens is 2. The van der Waals surface area contributed by atoms with Crippen LogP contribution in [0.25, 0.3) is 11.0 Å². The largest absolute Gasteiger partial charge is 0.466 e. The molecule has 0 saturated heterocycles. The number of unbranched alkanes of at least 4 members (excludes halogenated alkanes) is 3. The number of aromatic amines is 1. The predicted octanol–water partition coefficient (Wildman–Crippen LogP) is 6.37. The summed E-state index contributed by atoms with van der Waals surface area (Å²) in [6.45, 7) is 7.00. The lowest BCUT2D eigenvalue weighted by Gasteiger charge is -2.16. The average Bonchev–Trinajstić information content (AvgIpc) is 3.03. The Morgan fingerprint density at radius 2 is 1.89 bits per heavy atom. The van der Waals surface area contributed by atoms with Gasteiger partial charge in [0.05, 0.1) is 23.4 Å². The van der Waals surface area contributed by atoms with Crippen LogP contribution in [0.4, 0.5) is 0 Å². The molecule has 0 bridgehead atoms. The van der Waals surface area contributed by atoms with E-state index in [1.54, 1.807) is 0 Å². The highest BCUT2D eigenvalue weighted by Crippen LogP contribution is 2.27. The summed E-state index contributed by atoms with van der Waals surface area (Å²) in [5.41, 5.74) is 2.34. The van der Waals surface area contributed by atoms with Gasteiger partial charge in [-0.15, -0.1) is 0 Å². The second-order valence-corrected chi connectivity index (χ2v) is 10.6. The van der Waals surface area contributed by atoms with Gasteiger partial charge in [-0.05, 0) is 36.8 Å². The van der Waals surface area contributed by atoms with Crippen LogP contribution in [-0.2, 0) is 15.3 Å². The summed E-state index contributed by atoms with van der Waals surface area (Å²) in [4.78, 5) is 19.6. The number of benzene rings is 1. The molecule has 2 rings (SSSR count). The molecule has 0 fully saturated rings. The molecule has 2 aromatic rings. The van der Waals surface area contributed by atoms with E-state index in [-0.39, 0.29) is 11.4 Å². The van der Waals surface area contributed by atoms with Crippen molar-refractivity contribution >= 4 is 38.6 Å². The van der Waals surface area contributed by atoms with Crippen LogP contribution in [0.2, 0.25) is 0 Å². The molecule has 150 valence electrons. The van der Waals surface area contributed by atoms with Gasteiger partial charge in [0.15, 0.2) is 0 Å². The minimum absolute atomic E-state index is 0.0533. The Kier molecular flexibility index (Phi) is 9.56. The van der Waals surface area contributed by atoms with Crippen LogP contribution in [0, 0.1) is 5.41 Å². The summed E-state index contributed by atoms with van der Waals surface area (Å²) >= 11 is 0. The predicted molar refractivity (Wildman–Crippen MR) is 118 cm³/mol. The van der Waals surface area contributed by atoms with Gasteiger partial charge in [-0.3, -0.25) is 4.79 Å². The number of hydrogen-bond acceptors (Lipinski definition) is 5. The Balaban J connectivity index is 1.41. The zero-order chi connectivity index (χ0) is 19.5. The SMILES string of the molecule is CC(C)(C)CCC(=O)OCCCCCCSSCc1nc2ccccc2[nH]1. The first-order chi connectivity index (χ1) is 12.9. The number of esters is 1. The molecule has 1 aromatic carbocycles. The lowest BCUT2D eigenvalue weighted by Crippen LogP contribution is -2.11. The molecule has 1 heterocycles. The first-order valence-electron chi connectivity index (χ1n) is 9.78. The maximum absolute atomic E-state index is 11.6. The Hall–Kier alpha value is -1.14. The molecule has 0 aliphatic heterocycles. The number of fused-ring (bicyclic) bond motifs is 1. The Labute approximate surface area is 171 Å². The maximum Gasteiger partial charge on any atom is 0.305 e. The molecule has 0 aliphatic carbocycles. The monoisotopic (exact) mass is 408 g/mol. The van der Waals surface area contributed by atoms with E-state index in [0.29, 0.717) is 13.0 Å².